The number of amides is 1. The topological polar surface area (TPSA) is 70.2 Å². The molecule has 6 heteroatoms. The Morgan fingerprint density at radius 3 is 2.50 bits per heavy atom. The normalized spacial score (nSPS) is 11.8. The van der Waals surface area contributed by atoms with E-state index in [-0.39, 0.29) is 11.9 Å². The third-order valence-corrected chi connectivity index (χ3v) is 2.78. The van der Waals surface area contributed by atoms with Crippen LogP contribution in [-0.4, -0.2) is 47.5 Å². The van der Waals surface area contributed by atoms with Crippen LogP contribution < -0.4 is 10.6 Å². The average molecular weight is 279 g/mol. The van der Waals surface area contributed by atoms with Crippen LogP contribution in [-0.2, 0) is 11.2 Å². The zero-order valence-corrected chi connectivity index (χ0v) is 13.0. The van der Waals surface area contributed by atoms with E-state index in [4.69, 9.17) is 0 Å². The summed E-state index contributed by atoms with van der Waals surface area (Å²) in [7, 11) is 3.49. The first-order chi connectivity index (χ1) is 9.47. The second-order valence-electron chi connectivity index (χ2n) is 4.93. The molecule has 0 saturated heterocycles. The van der Waals surface area contributed by atoms with Gasteiger partial charge in [-0.15, -0.1) is 0 Å². The van der Waals surface area contributed by atoms with Crippen LogP contribution in [0.1, 0.15) is 33.0 Å². The minimum Gasteiger partial charge on any atom is -0.370 e. The molecule has 0 aromatic carbocycles. The van der Waals surface area contributed by atoms with E-state index in [1.165, 1.54) is 0 Å². The Morgan fingerprint density at radius 2 is 1.95 bits per heavy atom. The molecule has 20 heavy (non-hydrogen) atoms. The van der Waals surface area contributed by atoms with Gasteiger partial charge in [-0.3, -0.25) is 4.79 Å². The van der Waals surface area contributed by atoms with E-state index in [0.29, 0.717) is 5.82 Å². The van der Waals surface area contributed by atoms with Crippen LogP contribution in [0.3, 0.4) is 0 Å². The highest BCUT2D eigenvalue weighted by Crippen LogP contribution is 2.13. The van der Waals surface area contributed by atoms with Gasteiger partial charge >= 0.3 is 0 Å². The highest BCUT2D eigenvalue weighted by molar-refractivity contribution is 5.83. The molecule has 1 aromatic rings. The third-order valence-electron chi connectivity index (χ3n) is 2.78. The van der Waals surface area contributed by atoms with Crippen LogP contribution >= 0.6 is 0 Å². The van der Waals surface area contributed by atoms with Crippen molar-refractivity contribution in [2.75, 3.05) is 31.3 Å². The van der Waals surface area contributed by atoms with Crippen molar-refractivity contribution in [3.8, 4) is 0 Å². The zero-order valence-electron chi connectivity index (χ0n) is 13.0. The van der Waals surface area contributed by atoms with Crippen molar-refractivity contribution in [3.63, 3.8) is 0 Å². The van der Waals surface area contributed by atoms with Gasteiger partial charge in [0, 0.05) is 33.1 Å². The molecular formula is C14H25N5O. The summed E-state index contributed by atoms with van der Waals surface area (Å²) < 4.78 is 0. The van der Waals surface area contributed by atoms with Gasteiger partial charge in [-0.05, 0) is 20.3 Å². The number of aryl methyl sites for hydroxylation is 1. The van der Waals surface area contributed by atoms with Crippen LogP contribution in [0.5, 0.6) is 0 Å². The second-order valence-corrected chi connectivity index (χ2v) is 4.93. The number of rotatable bonds is 7. The van der Waals surface area contributed by atoms with Crippen LogP contribution in [0, 0.1) is 0 Å². The molecule has 0 saturated carbocycles. The molecule has 112 valence electrons. The van der Waals surface area contributed by atoms with Gasteiger partial charge in [-0.2, -0.15) is 0 Å². The fourth-order valence-electron chi connectivity index (χ4n) is 1.85. The number of hydrogen-bond acceptors (Lipinski definition) is 5. The smallest absolute Gasteiger partial charge is 0.244 e. The van der Waals surface area contributed by atoms with Crippen molar-refractivity contribution in [1.82, 2.24) is 14.9 Å². The Labute approximate surface area is 121 Å². The molecule has 0 aliphatic rings. The maximum Gasteiger partial charge on any atom is 0.244 e. The fourth-order valence-corrected chi connectivity index (χ4v) is 1.85. The number of carbonyl (C=O) groups is 1. The summed E-state index contributed by atoms with van der Waals surface area (Å²) in [6, 6.07) is 1.52. The van der Waals surface area contributed by atoms with Crippen molar-refractivity contribution >= 4 is 17.5 Å². The summed E-state index contributed by atoms with van der Waals surface area (Å²) >= 11 is 0. The van der Waals surface area contributed by atoms with Crippen molar-refractivity contribution in [3.05, 3.63) is 11.9 Å². The molecule has 0 aliphatic carbocycles. The van der Waals surface area contributed by atoms with E-state index in [9.17, 15) is 4.79 Å². The number of anilines is 2. The second kappa shape index (κ2) is 7.67. The average Bonchev–Trinajstić information content (AvgIpc) is 2.38. The molecule has 1 atom stereocenters. The number of aromatic nitrogens is 2. The monoisotopic (exact) mass is 279 g/mol. The minimum atomic E-state index is -0.316. The quantitative estimate of drug-likeness (QED) is 0.795. The van der Waals surface area contributed by atoms with E-state index in [1.54, 1.807) is 19.0 Å². The number of hydrogen-bond donors (Lipinski definition) is 2. The first-order valence-electron chi connectivity index (χ1n) is 7.07. The lowest BCUT2D eigenvalue weighted by molar-refractivity contribution is -0.129. The minimum absolute atomic E-state index is 0.0191. The standard InChI is InChI=1S/C14H25N5O/c1-6-8-11-17-12(15-7-2)9-13(18-11)16-10(3)14(20)19(4)5/h9-10H,6-8H2,1-5H3,(H2,15,16,17,18). The van der Waals surface area contributed by atoms with E-state index in [1.807, 2.05) is 19.9 Å². The van der Waals surface area contributed by atoms with Gasteiger partial charge in [0.1, 0.15) is 23.5 Å². The molecular weight excluding hydrogens is 254 g/mol. The molecule has 1 aromatic heterocycles. The lowest BCUT2D eigenvalue weighted by Crippen LogP contribution is -2.36. The highest BCUT2D eigenvalue weighted by atomic mass is 16.2. The maximum absolute atomic E-state index is 11.9. The first-order valence-corrected chi connectivity index (χ1v) is 7.07. The number of likely N-dealkylation sites (N-methyl/N-ethyl adjacent to an activating group) is 1. The zero-order chi connectivity index (χ0) is 15.1. The summed E-state index contributed by atoms with van der Waals surface area (Å²) in [6.45, 7) is 6.74. The number of carbonyl (C=O) groups excluding carboxylic acids is 1. The van der Waals surface area contributed by atoms with Gasteiger partial charge in [-0.25, -0.2) is 9.97 Å². The summed E-state index contributed by atoms with van der Waals surface area (Å²) in [6.07, 6.45) is 1.81. The largest absolute Gasteiger partial charge is 0.370 e. The summed E-state index contributed by atoms with van der Waals surface area (Å²) in [5.41, 5.74) is 0. The number of nitrogens with one attached hydrogen (secondary N) is 2. The predicted octanol–water partition coefficient (Wildman–Crippen LogP) is 1.75. The Bertz CT molecular complexity index is 423. The van der Waals surface area contributed by atoms with Crippen molar-refractivity contribution in [2.24, 2.45) is 0 Å². The lowest BCUT2D eigenvalue weighted by atomic mass is 10.3. The fraction of sp³-hybridized carbons (Fsp3) is 0.643. The molecule has 6 nitrogen and oxygen atoms in total. The van der Waals surface area contributed by atoms with E-state index in [0.717, 1.165) is 31.0 Å². The molecule has 1 amide bonds. The lowest BCUT2D eigenvalue weighted by Gasteiger charge is -2.19. The van der Waals surface area contributed by atoms with Gasteiger partial charge in [0.05, 0.1) is 0 Å². The molecule has 1 heterocycles. The third kappa shape index (κ3) is 4.68. The van der Waals surface area contributed by atoms with E-state index in [2.05, 4.69) is 27.5 Å². The summed E-state index contributed by atoms with van der Waals surface area (Å²) in [4.78, 5) is 22.3. The van der Waals surface area contributed by atoms with Gasteiger partial charge < -0.3 is 15.5 Å². The summed E-state index contributed by atoms with van der Waals surface area (Å²) in [5.74, 6) is 2.28. The highest BCUT2D eigenvalue weighted by Gasteiger charge is 2.15. The molecule has 1 rings (SSSR count). The van der Waals surface area contributed by atoms with Gasteiger partial charge in [0.25, 0.3) is 0 Å². The molecule has 0 bridgehead atoms. The Morgan fingerprint density at radius 1 is 1.30 bits per heavy atom. The van der Waals surface area contributed by atoms with E-state index >= 15 is 0 Å². The van der Waals surface area contributed by atoms with Crippen LogP contribution in [0.2, 0.25) is 0 Å². The van der Waals surface area contributed by atoms with Gasteiger partial charge in [0.2, 0.25) is 5.91 Å². The van der Waals surface area contributed by atoms with Crippen molar-refractivity contribution in [2.45, 2.75) is 39.7 Å². The maximum atomic E-state index is 11.9. The predicted molar refractivity (Wildman–Crippen MR) is 82.0 cm³/mol. The molecule has 1 unspecified atom stereocenters. The molecule has 2 N–H and O–H groups in total. The van der Waals surface area contributed by atoms with E-state index < -0.39 is 0 Å². The SMILES string of the molecule is CCCc1nc(NCC)cc(NC(C)C(=O)N(C)C)n1. The van der Waals surface area contributed by atoms with Crippen molar-refractivity contribution < 1.29 is 4.79 Å². The Hall–Kier alpha value is -1.85. The van der Waals surface area contributed by atoms with Crippen LogP contribution in [0.4, 0.5) is 11.6 Å². The Balaban J connectivity index is 2.89. The molecule has 0 spiro atoms. The number of nitrogens with zero attached hydrogens (tertiary/aromatic N) is 3. The molecule has 0 fully saturated rings. The van der Waals surface area contributed by atoms with Gasteiger partial charge in [-0.1, -0.05) is 6.92 Å². The first kappa shape index (κ1) is 16.2. The van der Waals surface area contributed by atoms with Gasteiger partial charge in [0.15, 0.2) is 0 Å². The molecule has 0 radical (unpaired) electrons. The Kier molecular flexibility index (Phi) is 6.21. The van der Waals surface area contributed by atoms with Crippen LogP contribution in [0.25, 0.3) is 0 Å². The molecule has 0 aliphatic heterocycles. The van der Waals surface area contributed by atoms with Crippen molar-refractivity contribution in [1.29, 1.82) is 0 Å². The van der Waals surface area contributed by atoms with Crippen LogP contribution in [0.15, 0.2) is 6.07 Å². The summed E-state index contributed by atoms with van der Waals surface area (Å²) in [5, 5.41) is 6.32.